The molecule has 1 rings (SSSR count). The Hall–Kier alpha value is -1.02. The van der Waals surface area contributed by atoms with Gasteiger partial charge in [-0.2, -0.15) is 0 Å². The Labute approximate surface area is 99.0 Å². The lowest BCUT2D eigenvalue weighted by atomic mass is 9.86. The van der Waals surface area contributed by atoms with Gasteiger partial charge in [0.2, 0.25) is 0 Å². The molecular weight excluding hydrogens is 198 g/mol. The average molecular weight is 221 g/mol. The van der Waals surface area contributed by atoms with Crippen molar-refractivity contribution in [3.05, 3.63) is 29.8 Å². The molecule has 1 unspecified atom stereocenters. The van der Waals surface area contributed by atoms with Gasteiger partial charge in [-0.25, -0.2) is 0 Å². The van der Waals surface area contributed by atoms with Crippen LogP contribution >= 0.6 is 0 Å². The van der Waals surface area contributed by atoms with Crippen molar-refractivity contribution < 1.29 is 4.74 Å². The first-order chi connectivity index (χ1) is 7.69. The summed E-state index contributed by atoms with van der Waals surface area (Å²) in [5, 5.41) is 3.22. The third-order valence-corrected chi connectivity index (χ3v) is 3.05. The second-order valence-corrected chi connectivity index (χ2v) is 4.52. The standard InChI is InChI=1S/C14H23NO/c1-11(2)14(9-10-15-3)12-5-7-13(16-4)8-6-12/h5-8,11,14-15H,9-10H2,1-4H3. The average Bonchev–Trinajstić information content (AvgIpc) is 2.30. The minimum Gasteiger partial charge on any atom is -0.497 e. The van der Waals surface area contributed by atoms with E-state index in [0.717, 1.165) is 12.3 Å². The monoisotopic (exact) mass is 221 g/mol. The molecule has 0 saturated carbocycles. The van der Waals surface area contributed by atoms with Gasteiger partial charge in [-0.3, -0.25) is 0 Å². The van der Waals surface area contributed by atoms with Crippen LogP contribution in [-0.2, 0) is 0 Å². The number of methoxy groups -OCH3 is 1. The molecule has 0 aliphatic heterocycles. The largest absolute Gasteiger partial charge is 0.497 e. The maximum Gasteiger partial charge on any atom is 0.118 e. The first-order valence-electron chi connectivity index (χ1n) is 5.97. The number of benzene rings is 1. The summed E-state index contributed by atoms with van der Waals surface area (Å²) in [6.45, 7) is 5.63. The maximum atomic E-state index is 5.18. The summed E-state index contributed by atoms with van der Waals surface area (Å²) in [5.74, 6) is 2.22. The van der Waals surface area contributed by atoms with Crippen LogP contribution in [0.4, 0.5) is 0 Å². The molecule has 0 amide bonds. The Morgan fingerprint density at radius 3 is 2.25 bits per heavy atom. The predicted molar refractivity (Wildman–Crippen MR) is 69.1 cm³/mol. The van der Waals surface area contributed by atoms with E-state index in [0.29, 0.717) is 11.8 Å². The van der Waals surface area contributed by atoms with Crippen LogP contribution in [0, 0.1) is 5.92 Å². The highest BCUT2D eigenvalue weighted by molar-refractivity contribution is 5.29. The third kappa shape index (κ3) is 3.53. The van der Waals surface area contributed by atoms with Crippen LogP contribution in [0.5, 0.6) is 5.75 Å². The maximum absolute atomic E-state index is 5.18. The zero-order chi connectivity index (χ0) is 12.0. The van der Waals surface area contributed by atoms with Crippen LogP contribution in [-0.4, -0.2) is 20.7 Å². The van der Waals surface area contributed by atoms with Gasteiger partial charge in [0.1, 0.15) is 5.75 Å². The van der Waals surface area contributed by atoms with Gasteiger partial charge < -0.3 is 10.1 Å². The van der Waals surface area contributed by atoms with E-state index >= 15 is 0 Å². The molecule has 0 aliphatic carbocycles. The summed E-state index contributed by atoms with van der Waals surface area (Å²) in [7, 11) is 3.71. The Balaban J connectivity index is 2.75. The molecule has 90 valence electrons. The van der Waals surface area contributed by atoms with E-state index in [1.807, 2.05) is 19.2 Å². The van der Waals surface area contributed by atoms with E-state index in [9.17, 15) is 0 Å². The van der Waals surface area contributed by atoms with E-state index in [1.54, 1.807) is 7.11 Å². The zero-order valence-corrected chi connectivity index (χ0v) is 10.8. The van der Waals surface area contributed by atoms with Gasteiger partial charge >= 0.3 is 0 Å². The van der Waals surface area contributed by atoms with Crippen molar-refractivity contribution in [2.45, 2.75) is 26.2 Å². The molecule has 0 spiro atoms. The lowest BCUT2D eigenvalue weighted by molar-refractivity contribution is 0.413. The summed E-state index contributed by atoms with van der Waals surface area (Å²) in [4.78, 5) is 0. The highest BCUT2D eigenvalue weighted by Crippen LogP contribution is 2.28. The van der Waals surface area contributed by atoms with Crippen molar-refractivity contribution in [1.82, 2.24) is 5.32 Å². The van der Waals surface area contributed by atoms with E-state index in [2.05, 4.69) is 31.3 Å². The van der Waals surface area contributed by atoms with Gasteiger partial charge in [-0.1, -0.05) is 26.0 Å². The molecule has 0 aromatic heterocycles. The zero-order valence-electron chi connectivity index (χ0n) is 10.8. The van der Waals surface area contributed by atoms with Crippen molar-refractivity contribution in [3.8, 4) is 5.75 Å². The van der Waals surface area contributed by atoms with Gasteiger partial charge in [0.15, 0.2) is 0 Å². The van der Waals surface area contributed by atoms with Crippen LogP contribution in [0.25, 0.3) is 0 Å². The Bertz CT molecular complexity index is 292. The molecule has 2 nitrogen and oxygen atoms in total. The molecule has 0 aliphatic rings. The summed E-state index contributed by atoms with van der Waals surface area (Å²) in [6, 6.07) is 8.45. The summed E-state index contributed by atoms with van der Waals surface area (Å²) in [5.41, 5.74) is 1.41. The minimum absolute atomic E-state index is 0.623. The quantitative estimate of drug-likeness (QED) is 0.797. The topological polar surface area (TPSA) is 21.3 Å². The third-order valence-electron chi connectivity index (χ3n) is 3.05. The number of rotatable bonds is 6. The molecule has 0 saturated heterocycles. The first kappa shape index (κ1) is 13.0. The van der Waals surface area contributed by atoms with Crippen LogP contribution in [0.2, 0.25) is 0 Å². The number of ether oxygens (including phenoxy) is 1. The second-order valence-electron chi connectivity index (χ2n) is 4.52. The van der Waals surface area contributed by atoms with E-state index in [-0.39, 0.29) is 0 Å². The van der Waals surface area contributed by atoms with Crippen LogP contribution < -0.4 is 10.1 Å². The molecule has 2 heteroatoms. The Morgan fingerprint density at radius 1 is 1.19 bits per heavy atom. The summed E-state index contributed by atoms with van der Waals surface area (Å²) in [6.07, 6.45) is 1.18. The van der Waals surface area contributed by atoms with E-state index in [4.69, 9.17) is 4.74 Å². The van der Waals surface area contributed by atoms with Crippen molar-refractivity contribution in [3.63, 3.8) is 0 Å². The molecule has 0 heterocycles. The van der Waals surface area contributed by atoms with Gasteiger partial charge in [0, 0.05) is 0 Å². The van der Waals surface area contributed by atoms with Crippen molar-refractivity contribution in [1.29, 1.82) is 0 Å². The van der Waals surface area contributed by atoms with E-state index < -0.39 is 0 Å². The molecule has 1 aromatic carbocycles. The summed E-state index contributed by atoms with van der Waals surface area (Å²) >= 11 is 0. The molecule has 16 heavy (non-hydrogen) atoms. The van der Waals surface area contributed by atoms with Crippen LogP contribution in [0.3, 0.4) is 0 Å². The Kier molecular flexibility index (Phi) is 5.33. The second kappa shape index (κ2) is 6.54. The minimum atomic E-state index is 0.623. The highest BCUT2D eigenvalue weighted by atomic mass is 16.5. The highest BCUT2D eigenvalue weighted by Gasteiger charge is 2.14. The number of hydrogen-bond donors (Lipinski definition) is 1. The predicted octanol–water partition coefficient (Wildman–Crippen LogP) is 3.04. The number of hydrogen-bond acceptors (Lipinski definition) is 2. The number of nitrogens with one attached hydrogen (secondary N) is 1. The fourth-order valence-corrected chi connectivity index (χ4v) is 2.04. The van der Waals surface area contributed by atoms with Crippen molar-refractivity contribution >= 4 is 0 Å². The molecular formula is C14H23NO. The molecule has 0 bridgehead atoms. The molecule has 0 fully saturated rings. The van der Waals surface area contributed by atoms with Gasteiger partial charge in [-0.05, 0) is 49.5 Å². The first-order valence-corrected chi connectivity index (χ1v) is 5.97. The molecule has 1 aromatic rings. The van der Waals surface area contributed by atoms with Gasteiger partial charge in [0.05, 0.1) is 7.11 Å². The van der Waals surface area contributed by atoms with Crippen molar-refractivity contribution in [2.24, 2.45) is 5.92 Å². The lowest BCUT2D eigenvalue weighted by Crippen LogP contribution is -2.15. The molecule has 0 radical (unpaired) electrons. The normalized spacial score (nSPS) is 12.8. The summed E-state index contributed by atoms with van der Waals surface area (Å²) < 4.78 is 5.18. The smallest absolute Gasteiger partial charge is 0.118 e. The van der Waals surface area contributed by atoms with Crippen LogP contribution in [0.15, 0.2) is 24.3 Å². The molecule has 1 atom stereocenters. The Morgan fingerprint density at radius 2 is 1.81 bits per heavy atom. The van der Waals surface area contributed by atoms with Crippen molar-refractivity contribution in [2.75, 3.05) is 20.7 Å². The SMILES string of the molecule is CNCCC(c1ccc(OC)cc1)C(C)C. The fourth-order valence-electron chi connectivity index (χ4n) is 2.04. The van der Waals surface area contributed by atoms with Crippen LogP contribution in [0.1, 0.15) is 31.7 Å². The fraction of sp³-hybridized carbons (Fsp3) is 0.571. The molecule has 1 N–H and O–H groups in total. The lowest BCUT2D eigenvalue weighted by Gasteiger charge is -2.21. The van der Waals surface area contributed by atoms with Gasteiger partial charge in [-0.15, -0.1) is 0 Å². The van der Waals surface area contributed by atoms with Gasteiger partial charge in [0.25, 0.3) is 0 Å². The van der Waals surface area contributed by atoms with E-state index in [1.165, 1.54) is 12.0 Å².